The van der Waals surface area contributed by atoms with E-state index < -0.39 is 11.8 Å². The molecule has 0 spiro atoms. The second-order valence-electron chi connectivity index (χ2n) is 7.13. The number of rotatable bonds is 6. The number of aryl methyl sites for hydroxylation is 1. The Morgan fingerprint density at radius 1 is 0.774 bits per heavy atom. The average Bonchev–Trinajstić information content (AvgIpc) is 3.03. The molecule has 6 heteroatoms. The van der Waals surface area contributed by atoms with Gasteiger partial charge in [-0.3, -0.25) is 9.59 Å². The molecule has 0 atom stereocenters. The van der Waals surface area contributed by atoms with E-state index in [2.05, 4.69) is 5.32 Å². The molecule has 3 aromatic carbocycles. The summed E-state index contributed by atoms with van der Waals surface area (Å²) in [6, 6.07) is 21.8. The summed E-state index contributed by atoms with van der Waals surface area (Å²) in [5.41, 5.74) is 3.35. The molecular formula is C25H22N2O4. The molecule has 0 unspecified atom stereocenters. The summed E-state index contributed by atoms with van der Waals surface area (Å²) in [6.45, 7) is 1.97. The van der Waals surface area contributed by atoms with E-state index in [1.165, 1.54) is 14.2 Å². The van der Waals surface area contributed by atoms with Crippen molar-refractivity contribution >= 4 is 28.8 Å². The number of methoxy groups -OCH3 is 2. The highest BCUT2D eigenvalue weighted by atomic mass is 16.5. The normalized spacial score (nSPS) is 13.6. The molecule has 0 bridgehead atoms. The van der Waals surface area contributed by atoms with Gasteiger partial charge in [-0.15, -0.1) is 0 Å². The number of ether oxygens (including phenoxy) is 2. The number of nitrogens with one attached hydrogen (secondary N) is 1. The van der Waals surface area contributed by atoms with Crippen molar-refractivity contribution < 1.29 is 19.1 Å². The fraction of sp³-hybridized carbons (Fsp3) is 0.120. The summed E-state index contributed by atoms with van der Waals surface area (Å²) in [6.07, 6.45) is 0. The SMILES string of the molecule is COc1cc(OC)cc(N2C(=O)C(Nc3cccc(C)c3)=C(c3ccccc3)C2=O)c1. The molecule has 2 amide bonds. The van der Waals surface area contributed by atoms with Gasteiger partial charge in [0.2, 0.25) is 0 Å². The fourth-order valence-electron chi connectivity index (χ4n) is 3.54. The Balaban J connectivity index is 1.83. The zero-order valence-electron chi connectivity index (χ0n) is 17.5. The number of anilines is 2. The molecule has 0 radical (unpaired) electrons. The number of carbonyl (C=O) groups is 2. The smallest absolute Gasteiger partial charge is 0.282 e. The second kappa shape index (κ2) is 8.36. The molecule has 6 nitrogen and oxygen atoms in total. The van der Waals surface area contributed by atoms with Crippen molar-refractivity contribution in [1.82, 2.24) is 0 Å². The minimum Gasteiger partial charge on any atom is -0.497 e. The average molecular weight is 414 g/mol. The molecular weight excluding hydrogens is 392 g/mol. The first kappa shape index (κ1) is 20.2. The van der Waals surface area contributed by atoms with Crippen LogP contribution in [0.3, 0.4) is 0 Å². The van der Waals surface area contributed by atoms with Crippen molar-refractivity contribution in [2.75, 3.05) is 24.4 Å². The van der Waals surface area contributed by atoms with E-state index >= 15 is 0 Å². The lowest BCUT2D eigenvalue weighted by molar-refractivity contribution is -0.120. The lowest BCUT2D eigenvalue weighted by Crippen LogP contribution is -2.32. The van der Waals surface area contributed by atoms with Crippen LogP contribution in [0.2, 0.25) is 0 Å². The highest BCUT2D eigenvalue weighted by Gasteiger charge is 2.40. The highest BCUT2D eigenvalue weighted by molar-refractivity contribution is 6.46. The summed E-state index contributed by atoms with van der Waals surface area (Å²) in [5, 5.41) is 3.17. The Bertz CT molecular complexity index is 1160. The van der Waals surface area contributed by atoms with E-state index in [0.717, 1.165) is 16.2 Å². The molecule has 4 rings (SSSR count). The molecule has 1 aliphatic heterocycles. The van der Waals surface area contributed by atoms with Crippen molar-refractivity contribution in [2.45, 2.75) is 6.92 Å². The van der Waals surface area contributed by atoms with Crippen LogP contribution < -0.4 is 19.7 Å². The van der Waals surface area contributed by atoms with Gasteiger partial charge >= 0.3 is 0 Å². The molecule has 1 heterocycles. The predicted octanol–water partition coefficient (Wildman–Crippen LogP) is 4.41. The van der Waals surface area contributed by atoms with Crippen molar-refractivity contribution in [3.05, 3.63) is 89.6 Å². The second-order valence-corrected chi connectivity index (χ2v) is 7.13. The third-order valence-corrected chi connectivity index (χ3v) is 5.03. The van der Waals surface area contributed by atoms with Gasteiger partial charge in [-0.1, -0.05) is 42.5 Å². The van der Waals surface area contributed by atoms with Crippen molar-refractivity contribution in [3.63, 3.8) is 0 Å². The van der Waals surface area contributed by atoms with Gasteiger partial charge in [0.25, 0.3) is 11.8 Å². The van der Waals surface area contributed by atoms with Crippen LogP contribution in [-0.2, 0) is 9.59 Å². The maximum atomic E-state index is 13.5. The molecule has 0 fully saturated rings. The number of hydrogen-bond donors (Lipinski definition) is 1. The van der Waals surface area contributed by atoms with Gasteiger partial charge in [0.1, 0.15) is 17.2 Å². The van der Waals surface area contributed by atoms with Gasteiger partial charge in [-0.25, -0.2) is 4.90 Å². The lowest BCUT2D eigenvalue weighted by atomic mass is 10.0. The van der Waals surface area contributed by atoms with E-state index in [1.807, 2.05) is 61.5 Å². The van der Waals surface area contributed by atoms with Crippen LogP contribution in [0.1, 0.15) is 11.1 Å². The van der Waals surface area contributed by atoms with Crippen LogP contribution in [0.4, 0.5) is 11.4 Å². The van der Waals surface area contributed by atoms with E-state index in [1.54, 1.807) is 18.2 Å². The Morgan fingerprint density at radius 3 is 2.06 bits per heavy atom. The molecule has 1 N–H and O–H groups in total. The number of hydrogen-bond acceptors (Lipinski definition) is 5. The first-order valence-corrected chi connectivity index (χ1v) is 9.77. The van der Waals surface area contributed by atoms with Crippen LogP contribution in [0.25, 0.3) is 5.57 Å². The number of benzene rings is 3. The highest BCUT2D eigenvalue weighted by Crippen LogP contribution is 2.36. The Labute approximate surface area is 180 Å². The molecule has 0 saturated heterocycles. The fourth-order valence-corrected chi connectivity index (χ4v) is 3.54. The first-order valence-electron chi connectivity index (χ1n) is 9.77. The third kappa shape index (κ3) is 3.88. The summed E-state index contributed by atoms with van der Waals surface area (Å²) < 4.78 is 10.6. The van der Waals surface area contributed by atoms with Crippen LogP contribution in [-0.4, -0.2) is 26.0 Å². The number of nitrogens with zero attached hydrogens (tertiary/aromatic N) is 1. The summed E-state index contributed by atoms with van der Waals surface area (Å²) >= 11 is 0. The molecule has 0 aliphatic carbocycles. The monoisotopic (exact) mass is 414 g/mol. The largest absolute Gasteiger partial charge is 0.497 e. The Kier molecular flexibility index (Phi) is 5.45. The first-order chi connectivity index (χ1) is 15.0. The van der Waals surface area contributed by atoms with E-state index in [0.29, 0.717) is 28.3 Å². The van der Waals surface area contributed by atoms with Crippen LogP contribution in [0.5, 0.6) is 11.5 Å². The van der Waals surface area contributed by atoms with E-state index in [9.17, 15) is 9.59 Å². The molecule has 1 aliphatic rings. The maximum Gasteiger partial charge on any atom is 0.282 e. The standard InChI is InChI=1S/C25H22N2O4/c1-16-8-7-11-18(12-16)26-23-22(17-9-5-4-6-10-17)24(28)27(25(23)29)19-13-20(30-2)15-21(14-19)31-3/h4-15,26H,1-3H3. The quantitative estimate of drug-likeness (QED) is 0.605. The summed E-state index contributed by atoms with van der Waals surface area (Å²) in [5.74, 6) is 0.106. The zero-order chi connectivity index (χ0) is 22.0. The van der Waals surface area contributed by atoms with Gasteiger partial charge in [-0.2, -0.15) is 0 Å². The van der Waals surface area contributed by atoms with Crippen LogP contribution >= 0.6 is 0 Å². The van der Waals surface area contributed by atoms with Crippen molar-refractivity contribution in [3.8, 4) is 11.5 Å². The van der Waals surface area contributed by atoms with Crippen LogP contribution in [0, 0.1) is 6.92 Å². The Hall–Kier alpha value is -4.06. The zero-order valence-corrected chi connectivity index (χ0v) is 17.5. The molecule has 31 heavy (non-hydrogen) atoms. The predicted molar refractivity (Wildman–Crippen MR) is 120 cm³/mol. The van der Waals surface area contributed by atoms with E-state index in [4.69, 9.17) is 9.47 Å². The molecule has 156 valence electrons. The van der Waals surface area contributed by atoms with Gasteiger partial charge in [0.05, 0.1) is 25.5 Å². The summed E-state index contributed by atoms with van der Waals surface area (Å²) in [4.78, 5) is 28.1. The minimum absolute atomic E-state index is 0.226. The number of imide groups is 1. The Morgan fingerprint density at radius 2 is 1.45 bits per heavy atom. The van der Waals surface area contributed by atoms with Crippen molar-refractivity contribution in [1.29, 1.82) is 0 Å². The lowest BCUT2D eigenvalue weighted by Gasteiger charge is -2.17. The number of carbonyl (C=O) groups excluding carboxylic acids is 2. The summed E-state index contributed by atoms with van der Waals surface area (Å²) in [7, 11) is 3.04. The third-order valence-electron chi connectivity index (χ3n) is 5.03. The van der Waals surface area contributed by atoms with Crippen molar-refractivity contribution in [2.24, 2.45) is 0 Å². The molecule has 0 aromatic heterocycles. The van der Waals surface area contributed by atoms with Gasteiger partial charge < -0.3 is 14.8 Å². The van der Waals surface area contributed by atoms with Gasteiger partial charge in [0, 0.05) is 23.9 Å². The van der Waals surface area contributed by atoms with Gasteiger partial charge in [0.15, 0.2) is 0 Å². The van der Waals surface area contributed by atoms with E-state index in [-0.39, 0.29) is 5.70 Å². The maximum absolute atomic E-state index is 13.5. The number of amides is 2. The van der Waals surface area contributed by atoms with Crippen LogP contribution in [0.15, 0.2) is 78.5 Å². The molecule has 0 saturated carbocycles. The topological polar surface area (TPSA) is 67.9 Å². The minimum atomic E-state index is -0.444. The molecule has 3 aromatic rings. The van der Waals surface area contributed by atoms with Gasteiger partial charge in [-0.05, 0) is 30.2 Å².